The number of nitrogens with one attached hydrogen (secondary N) is 2. The molecule has 0 bridgehead atoms. The molecule has 0 spiro atoms. The van der Waals surface area contributed by atoms with Crippen LogP contribution in [0.25, 0.3) is 0 Å². The number of anilines is 1. The number of amides is 1. The zero-order chi connectivity index (χ0) is 18.9. The summed E-state index contributed by atoms with van der Waals surface area (Å²) < 4.78 is 11.7. The van der Waals surface area contributed by atoms with Crippen LogP contribution in [-0.4, -0.2) is 30.8 Å². The van der Waals surface area contributed by atoms with Gasteiger partial charge < -0.3 is 14.8 Å². The van der Waals surface area contributed by atoms with Gasteiger partial charge in [0.2, 0.25) is 0 Å². The summed E-state index contributed by atoms with van der Waals surface area (Å²) in [6.45, 7) is 5.64. The first-order chi connectivity index (χ1) is 12.5. The van der Waals surface area contributed by atoms with E-state index < -0.39 is 0 Å². The highest BCUT2D eigenvalue weighted by Crippen LogP contribution is 2.18. The van der Waals surface area contributed by atoms with Crippen LogP contribution >= 0.6 is 28.1 Å². The second-order valence-corrected chi connectivity index (χ2v) is 6.70. The molecule has 138 valence electrons. The number of hydrogen-bond acceptors (Lipinski definition) is 4. The lowest BCUT2D eigenvalue weighted by atomic mass is 10.1. The molecule has 0 fully saturated rings. The van der Waals surface area contributed by atoms with Crippen molar-refractivity contribution in [2.24, 2.45) is 0 Å². The van der Waals surface area contributed by atoms with Gasteiger partial charge in [0.05, 0.1) is 6.61 Å². The molecule has 0 aliphatic heterocycles. The van der Waals surface area contributed by atoms with Gasteiger partial charge in [-0.3, -0.25) is 10.1 Å². The third-order valence-electron chi connectivity index (χ3n) is 3.47. The molecule has 5 nitrogen and oxygen atoms in total. The molecular formula is C19H21BrN2O3S. The summed E-state index contributed by atoms with van der Waals surface area (Å²) in [4.78, 5) is 12.2. The van der Waals surface area contributed by atoms with Crippen LogP contribution in [0.1, 0.15) is 22.8 Å². The molecule has 0 unspecified atom stereocenters. The Balaban J connectivity index is 1.85. The molecule has 7 heteroatoms. The van der Waals surface area contributed by atoms with Crippen LogP contribution in [0.15, 0.2) is 46.9 Å². The average Bonchev–Trinajstić information content (AvgIpc) is 2.62. The molecule has 2 aromatic carbocycles. The van der Waals surface area contributed by atoms with Crippen molar-refractivity contribution in [1.82, 2.24) is 5.32 Å². The molecule has 0 aliphatic rings. The van der Waals surface area contributed by atoms with E-state index in [1.165, 1.54) is 0 Å². The Labute approximate surface area is 167 Å². The molecule has 0 heterocycles. The molecule has 0 atom stereocenters. The van der Waals surface area contributed by atoms with Crippen molar-refractivity contribution in [2.75, 3.05) is 25.1 Å². The van der Waals surface area contributed by atoms with Gasteiger partial charge in [-0.05, 0) is 68.0 Å². The number of hydrogen-bond donors (Lipinski definition) is 2. The van der Waals surface area contributed by atoms with Gasteiger partial charge in [-0.2, -0.15) is 0 Å². The Morgan fingerprint density at radius 2 is 1.88 bits per heavy atom. The Kier molecular flexibility index (Phi) is 8.03. The van der Waals surface area contributed by atoms with E-state index in [0.29, 0.717) is 25.4 Å². The number of benzene rings is 2. The minimum Gasteiger partial charge on any atom is -0.491 e. The number of carbonyl (C=O) groups is 1. The van der Waals surface area contributed by atoms with Gasteiger partial charge in [0.25, 0.3) is 5.91 Å². The van der Waals surface area contributed by atoms with Gasteiger partial charge in [-0.25, -0.2) is 0 Å². The highest BCUT2D eigenvalue weighted by Gasteiger charge is 2.09. The van der Waals surface area contributed by atoms with E-state index >= 15 is 0 Å². The number of rotatable bonds is 7. The van der Waals surface area contributed by atoms with Gasteiger partial charge in [0, 0.05) is 22.3 Å². The maximum absolute atomic E-state index is 12.2. The summed E-state index contributed by atoms with van der Waals surface area (Å²) in [5.74, 6) is 0.480. The minimum absolute atomic E-state index is 0.233. The lowest BCUT2D eigenvalue weighted by Gasteiger charge is -2.11. The predicted octanol–water partition coefficient (Wildman–Crippen LogP) is 4.30. The van der Waals surface area contributed by atoms with E-state index in [1.807, 2.05) is 44.2 Å². The van der Waals surface area contributed by atoms with E-state index in [9.17, 15) is 4.79 Å². The largest absolute Gasteiger partial charge is 0.491 e. The highest BCUT2D eigenvalue weighted by molar-refractivity contribution is 9.10. The standard InChI is InChI=1S/C19H21BrN2O3S/c1-3-24-10-11-25-16-8-6-15(7-9-16)21-19(26)22-18(23)14-5-4-13(2)17(20)12-14/h4-9,12H,3,10-11H2,1-2H3,(H2,21,22,23,26). The van der Waals surface area contributed by atoms with E-state index in [0.717, 1.165) is 21.5 Å². The first-order valence-corrected chi connectivity index (χ1v) is 9.39. The van der Waals surface area contributed by atoms with Crippen LogP contribution < -0.4 is 15.4 Å². The third-order valence-corrected chi connectivity index (χ3v) is 4.53. The van der Waals surface area contributed by atoms with Crippen LogP contribution in [0.4, 0.5) is 5.69 Å². The normalized spacial score (nSPS) is 10.3. The lowest BCUT2D eigenvalue weighted by Crippen LogP contribution is -2.34. The minimum atomic E-state index is -0.265. The maximum Gasteiger partial charge on any atom is 0.257 e. The predicted molar refractivity (Wildman–Crippen MR) is 111 cm³/mol. The summed E-state index contributed by atoms with van der Waals surface area (Å²) in [7, 11) is 0. The summed E-state index contributed by atoms with van der Waals surface area (Å²) in [6.07, 6.45) is 0. The third kappa shape index (κ3) is 6.40. The number of thiocarbonyl (C=S) groups is 1. The van der Waals surface area contributed by atoms with Crippen molar-refractivity contribution in [2.45, 2.75) is 13.8 Å². The fourth-order valence-electron chi connectivity index (χ4n) is 2.07. The van der Waals surface area contributed by atoms with Gasteiger partial charge in [-0.15, -0.1) is 0 Å². The summed E-state index contributed by atoms with van der Waals surface area (Å²) in [5.41, 5.74) is 2.35. The van der Waals surface area contributed by atoms with E-state index in [-0.39, 0.29) is 11.0 Å². The molecule has 26 heavy (non-hydrogen) atoms. The first-order valence-electron chi connectivity index (χ1n) is 8.18. The maximum atomic E-state index is 12.2. The Morgan fingerprint density at radius 1 is 1.15 bits per heavy atom. The quantitative estimate of drug-likeness (QED) is 0.500. The van der Waals surface area contributed by atoms with Crippen LogP contribution in [0, 0.1) is 6.92 Å². The van der Waals surface area contributed by atoms with Crippen LogP contribution in [0.3, 0.4) is 0 Å². The van der Waals surface area contributed by atoms with Crippen LogP contribution in [0.2, 0.25) is 0 Å². The van der Waals surface area contributed by atoms with E-state index in [1.54, 1.807) is 12.1 Å². The highest BCUT2D eigenvalue weighted by atomic mass is 79.9. The fourth-order valence-corrected chi connectivity index (χ4v) is 2.66. The molecule has 0 aromatic heterocycles. The van der Waals surface area contributed by atoms with Crippen molar-refractivity contribution in [3.63, 3.8) is 0 Å². The molecule has 0 radical (unpaired) electrons. The molecule has 2 rings (SSSR count). The molecule has 0 aliphatic carbocycles. The monoisotopic (exact) mass is 436 g/mol. The second kappa shape index (κ2) is 10.3. The summed E-state index contributed by atoms with van der Waals surface area (Å²) in [6, 6.07) is 12.7. The zero-order valence-corrected chi connectivity index (χ0v) is 17.1. The van der Waals surface area contributed by atoms with Crippen LogP contribution in [-0.2, 0) is 4.74 Å². The number of halogens is 1. The lowest BCUT2D eigenvalue weighted by molar-refractivity contribution is 0.0977. The summed E-state index contributed by atoms with van der Waals surface area (Å²) >= 11 is 8.62. The van der Waals surface area contributed by atoms with Crippen molar-refractivity contribution < 1.29 is 14.3 Å². The molecule has 0 saturated heterocycles. The smallest absolute Gasteiger partial charge is 0.257 e. The second-order valence-electron chi connectivity index (χ2n) is 5.44. The van der Waals surface area contributed by atoms with Gasteiger partial charge in [0.1, 0.15) is 12.4 Å². The number of carbonyl (C=O) groups excluding carboxylic acids is 1. The Hall–Kier alpha value is -1.96. The van der Waals surface area contributed by atoms with Crippen molar-refractivity contribution in [1.29, 1.82) is 0 Å². The molecule has 2 aromatic rings. The fraction of sp³-hybridized carbons (Fsp3) is 0.263. The Morgan fingerprint density at radius 3 is 2.54 bits per heavy atom. The van der Waals surface area contributed by atoms with E-state index in [2.05, 4.69) is 26.6 Å². The molecule has 0 saturated carbocycles. The number of aryl methyl sites for hydroxylation is 1. The van der Waals surface area contributed by atoms with Crippen molar-refractivity contribution in [3.8, 4) is 5.75 Å². The topological polar surface area (TPSA) is 59.6 Å². The van der Waals surface area contributed by atoms with Crippen LogP contribution in [0.5, 0.6) is 5.75 Å². The van der Waals surface area contributed by atoms with E-state index in [4.69, 9.17) is 21.7 Å². The van der Waals surface area contributed by atoms with Crippen molar-refractivity contribution in [3.05, 3.63) is 58.1 Å². The first kappa shape index (κ1) is 20.4. The molecule has 2 N–H and O–H groups in total. The SMILES string of the molecule is CCOCCOc1ccc(NC(=S)NC(=O)c2ccc(C)c(Br)c2)cc1. The Bertz CT molecular complexity index is 766. The van der Waals surface area contributed by atoms with Gasteiger partial charge >= 0.3 is 0 Å². The molecular weight excluding hydrogens is 416 g/mol. The molecule has 1 amide bonds. The summed E-state index contributed by atoms with van der Waals surface area (Å²) in [5, 5.41) is 5.88. The zero-order valence-electron chi connectivity index (χ0n) is 14.7. The van der Waals surface area contributed by atoms with Crippen molar-refractivity contribution >= 4 is 44.9 Å². The average molecular weight is 437 g/mol. The van der Waals surface area contributed by atoms with Gasteiger partial charge in [-0.1, -0.05) is 22.0 Å². The number of ether oxygens (including phenoxy) is 2. The van der Waals surface area contributed by atoms with Gasteiger partial charge in [0.15, 0.2) is 5.11 Å².